The minimum atomic E-state index is -0.958. The van der Waals surface area contributed by atoms with Gasteiger partial charge in [0.2, 0.25) is 5.91 Å². The Balaban J connectivity index is 1.80. The maximum atomic E-state index is 12.7. The lowest BCUT2D eigenvalue weighted by molar-refractivity contribution is -0.118. The molecule has 23 heavy (non-hydrogen) atoms. The number of aryl methyl sites for hydroxylation is 1. The number of anilines is 1. The number of rotatable bonds is 5. The van der Waals surface area contributed by atoms with E-state index in [0.29, 0.717) is 17.2 Å². The number of aromatic carboxylic acids is 1. The summed E-state index contributed by atoms with van der Waals surface area (Å²) in [4.78, 5) is 23.8. The first-order valence-corrected chi connectivity index (χ1v) is 7.76. The van der Waals surface area contributed by atoms with Crippen molar-refractivity contribution in [2.45, 2.75) is 25.7 Å². The van der Waals surface area contributed by atoms with Gasteiger partial charge in [-0.2, -0.15) is 0 Å². The molecule has 4 nitrogen and oxygen atoms in total. The molecule has 0 aromatic heterocycles. The van der Waals surface area contributed by atoms with Crippen LogP contribution in [0, 0.1) is 12.8 Å². The van der Waals surface area contributed by atoms with Crippen molar-refractivity contribution in [2.24, 2.45) is 5.92 Å². The van der Waals surface area contributed by atoms with E-state index in [-0.39, 0.29) is 17.4 Å². The average Bonchev–Trinajstić information content (AvgIpc) is 3.33. The molecule has 0 aliphatic heterocycles. The molecule has 1 atom stereocenters. The molecule has 1 fully saturated rings. The first-order chi connectivity index (χ1) is 11.1. The number of hydrogen-bond acceptors (Lipinski definition) is 2. The van der Waals surface area contributed by atoms with E-state index in [9.17, 15) is 9.59 Å². The van der Waals surface area contributed by atoms with E-state index >= 15 is 0 Å². The van der Waals surface area contributed by atoms with Gasteiger partial charge in [0, 0.05) is 5.69 Å². The zero-order valence-electron chi connectivity index (χ0n) is 13.0. The number of carboxylic acids is 1. The lowest BCUT2D eigenvalue weighted by Crippen LogP contribution is -2.22. The van der Waals surface area contributed by atoms with Gasteiger partial charge in [0.1, 0.15) is 0 Å². The Kier molecular flexibility index (Phi) is 4.15. The van der Waals surface area contributed by atoms with Gasteiger partial charge >= 0.3 is 5.97 Å². The maximum absolute atomic E-state index is 12.7. The molecule has 118 valence electrons. The first kappa shape index (κ1) is 15.3. The summed E-state index contributed by atoms with van der Waals surface area (Å²) in [5.41, 5.74) is 2.56. The summed E-state index contributed by atoms with van der Waals surface area (Å²) in [5, 5.41) is 12.0. The first-order valence-electron chi connectivity index (χ1n) is 7.76. The maximum Gasteiger partial charge on any atom is 0.335 e. The SMILES string of the molecule is Cc1cc(NC(=O)C(c2ccccc2)C2CC2)ccc1C(=O)O. The van der Waals surface area contributed by atoms with Crippen LogP contribution in [0.5, 0.6) is 0 Å². The quantitative estimate of drug-likeness (QED) is 0.882. The third-order valence-electron chi connectivity index (χ3n) is 4.26. The minimum absolute atomic E-state index is 0.0267. The van der Waals surface area contributed by atoms with Gasteiger partial charge in [-0.3, -0.25) is 4.79 Å². The molecule has 0 heterocycles. The monoisotopic (exact) mass is 309 g/mol. The normalized spacial score (nSPS) is 15.0. The number of nitrogens with one attached hydrogen (secondary N) is 1. The van der Waals surface area contributed by atoms with Crippen molar-refractivity contribution in [3.63, 3.8) is 0 Å². The summed E-state index contributed by atoms with van der Waals surface area (Å²) in [6, 6.07) is 14.7. The van der Waals surface area contributed by atoms with Crippen LogP contribution in [0.3, 0.4) is 0 Å². The van der Waals surface area contributed by atoms with Crippen LogP contribution in [0.15, 0.2) is 48.5 Å². The van der Waals surface area contributed by atoms with E-state index in [1.165, 1.54) is 6.07 Å². The second-order valence-corrected chi connectivity index (χ2v) is 6.05. The summed E-state index contributed by atoms with van der Waals surface area (Å²) < 4.78 is 0. The fourth-order valence-electron chi connectivity index (χ4n) is 2.93. The summed E-state index contributed by atoms with van der Waals surface area (Å²) in [6.07, 6.45) is 2.15. The van der Waals surface area contributed by atoms with Gasteiger partial charge in [0.15, 0.2) is 0 Å². The second kappa shape index (κ2) is 6.24. The molecule has 1 aliphatic carbocycles. The van der Waals surface area contributed by atoms with Crippen molar-refractivity contribution < 1.29 is 14.7 Å². The standard InChI is InChI=1S/C19H19NO3/c1-12-11-15(9-10-16(12)19(22)23)20-18(21)17(14-7-8-14)13-5-3-2-4-6-13/h2-6,9-11,14,17H,7-8H2,1H3,(H,20,21)(H,22,23). The highest BCUT2D eigenvalue weighted by Crippen LogP contribution is 2.43. The molecule has 2 aromatic rings. The lowest BCUT2D eigenvalue weighted by atomic mass is 9.93. The van der Waals surface area contributed by atoms with Crippen LogP contribution >= 0.6 is 0 Å². The predicted molar refractivity (Wildman–Crippen MR) is 88.7 cm³/mol. The Hall–Kier alpha value is -2.62. The number of amides is 1. The number of carboxylic acid groups (broad SMARTS) is 1. The molecule has 0 radical (unpaired) electrons. The van der Waals surface area contributed by atoms with Crippen molar-refractivity contribution in [1.82, 2.24) is 0 Å². The fourth-order valence-corrected chi connectivity index (χ4v) is 2.93. The van der Waals surface area contributed by atoms with Crippen molar-refractivity contribution >= 4 is 17.6 Å². The van der Waals surface area contributed by atoms with E-state index in [2.05, 4.69) is 5.32 Å². The Morgan fingerprint density at radius 2 is 1.83 bits per heavy atom. The zero-order chi connectivity index (χ0) is 16.4. The number of carbonyl (C=O) groups excluding carboxylic acids is 1. The van der Waals surface area contributed by atoms with Gasteiger partial charge < -0.3 is 10.4 Å². The highest BCUT2D eigenvalue weighted by atomic mass is 16.4. The molecule has 4 heteroatoms. The molecular formula is C19H19NO3. The van der Waals surface area contributed by atoms with Gasteiger partial charge in [-0.25, -0.2) is 4.79 Å². The van der Waals surface area contributed by atoms with E-state index in [4.69, 9.17) is 5.11 Å². The topological polar surface area (TPSA) is 66.4 Å². The summed E-state index contributed by atoms with van der Waals surface area (Å²) in [7, 11) is 0. The summed E-state index contributed by atoms with van der Waals surface area (Å²) in [6.45, 7) is 1.73. The van der Waals surface area contributed by atoms with Gasteiger partial charge in [0.05, 0.1) is 11.5 Å². The third kappa shape index (κ3) is 3.42. The average molecular weight is 309 g/mol. The van der Waals surface area contributed by atoms with Crippen LogP contribution in [0.2, 0.25) is 0 Å². The summed E-state index contributed by atoms with van der Waals surface area (Å²) >= 11 is 0. The number of hydrogen-bond donors (Lipinski definition) is 2. The molecule has 3 rings (SSSR count). The van der Waals surface area contributed by atoms with Gasteiger partial charge in [0.25, 0.3) is 0 Å². The van der Waals surface area contributed by atoms with Crippen LogP contribution in [0.25, 0.3) is 0 Å². The molecule has 0 saturated heterocycles. The molecule has 1 amide bonds. The Morgan fingerprint density at radius 1 is 1.13 bits per heavy atom. The zero-order valence-corrected chi connectivity index (χ0v) is 13.0. The van der Waals surface area contributed by atoms with Gasteiger partial charge in [-0.05, 0) is 55.0 Å². The third-order valence-corrected chi connectivity index (χ3v) is 4.26. The number of benzene rings is 2. The smallest absolute Gasteiger partial charge is 0.335 e. The lowest BCUT2D eigenvalue weighted by Gasteiger charge is -2.17. The molecule has 1 unspecified atom stereocenters. The van der Waals surface area contributed by atoms with Crippen LogP contribution in [0.1, 0.15) is 40.2 Å². The second-order valence-electron chi connectivity index (χ2n) is 6.05. The molecular weight excluding hydrogens is 290 g/mol. The molecule has 1 aliphatic rings. The molecule has 2 N–H and O–H groups in total. The van der Waals surface area contributed by atoms with Crippen molar-refractivity contribution in [1.29, 1.82) is 0 Å². The molecule has 1 saturated carbocycles. The largest absolute Gasteiger partial charge is 0.478 e. The number of carbonyl (C=O) groups is 2. The Morgan fingerprint density at radius 3 is 2.39 bits per heavy atom. The molecule has 0 spiro atoms. The van der Waals surface area contributed by atoms with Crippen LogP contribution in [0.4, 0.5) is 5.69 Å². The van der Waals surface area contributed by atoms with E-state index in [0.717, 1.165) is 18.4 Å². The molecule has 2 aromatic carbocycles. The van der Waals surface area contributed by atoms with E-state index in [1.807, 2.05) is 30.3 Å². The van der Waals surface area contributed by atoms with Crippen LogP contribution < -0.4 is 5.32 Å². The van der Waals surface area contributed by atoms with Crippen LogP contribution in [-0.2, 0) is 4.79 Å². The highest BCUT2D eigenvalue weighted by Gasteiger charge is 2.37. The Labute approximate surface area is 135 Å². The van der Waals surface area contributed by atoms with Gasteiger partial charge in [-0.1, -0.05) is 30.3 Å². The van der Waals surface area contributed by atoms with Crippen molar-refractivity contribution in [3.05, 3.63) is 65.2 Å². The highest BCUT2D eigenvalue weighted by molar-refractivity contribution is 5.97. The van der Waals surface area contributed by atoms with E-state index in [1.54, 1.807) is 19.1 Å². The fraction of sp³-hybridized carbons (Fsp3) is 0.263. The minimum Gasteiger partial charge on any atom is -0.478 e. The summed E-state index contributed by atoms with van der Waals surface area (Å²) in [5.74, 6) is -0.728. The predicted octanol–water partition coefficient (Wildman–Crippen LogP) is 3.83. The van der Waals surface area contributed by atoms with Crippen molar-refractivity contribution in [2.75, 3.05) is 5.32 Å². The Bertz CT molecular complexity index is 736. The molecule has 0 bridgehead atoms. The van der Waals surface area contributed by atoms with Crippen LogP contribution in [-0.4, -0.2) is 17.0 Å². The van der Waals surface area contributed by atoms with Gasteiger partial charge in [-0.15, -0.1) is 0 Å². The van der Waals surface area contributed by atoms with E-state index < -0.39 is 5.97 Å². The van der Waals surface area contributed by atoms with Crippen molar-refractivity contribution in [3.8, 4) is 0 Å².